The summed E-state index contributed by atoms with van der Waals surface area (Å²) in [5, 5.41) is 9.68. The van der Waals surface area contributed by atoms with E-state index in [0.29, 0.717) is 18.2 Å². The molecule has 0 fully saturated rings. The summed E-state index contributed by atoms with van der Waals surface area (Å²) in [4.78, 5) is 4.24. The molecule has 0 bridgehead atoms. The van der Waals surface area contributed by atoms with E-state index in [1.54, 1.807) is 0 Å². The average molecular weight is 303 g/mol. The highest BCUT2D eigenvalue weighted by atomic mass is 32.2. The zero-order chi connectivity index (χ0) is 14.8. The second-order valence-corrected chi connectivity index (χ2v) is 5.74. The minimum absolute atomic E-state index is 0.194. The molecule has 8 nitrogen and oxygen atoms in total. The molecule has 0 radical (unpaired) electrons. The van der Waals surface area contributed by atoms with Crippen molar-refractivity contribution in [3.05, 3.63) is 18.0 Å². The molecule has 9 heteroatoms. The summed E-state index contributed by atoms with van der Waals surface area (Å²) in [5.41, 5.74) is 0.377. The molecule has 20 heavy (non-hydrogen) atoms. The summed E-state index contributed by atoms with van der Waals surface area (Å²) in [5.74, 6) is 0.478. The zero-order valence-electron chi connectivity index (χ0n) is 11.7. The Morgan fingerprint density at radius 2 is 2.05 bits per heavy atom. The molecule has 3 N–H and O–H groups in total. The predicted molar refractivity (Wildman–Crippen MR) is 76.8 cm³/mol. The molecule has 0 aliphatic rings. The van der Waals surface area contributed by atoms with Crippen molar-refractivity contribution in [2.24, 2.45) is 4.99 Å². The summed E-state index contributed by atoms with van der Waals surface area (Å²) in [6, 6.07) is 1.52. The van der Waals surface area contributed by atoms with Crippen LogP contribution in [0.4, 0.5) is 0 Å². The Kier molecular flexibility index (Phi) is 7.02. The summed E-state index contributed by atoms with van der Waals surface area (Å²) in [6.45, 7) is 6.03. The molecule has 0 saturated heterocycles. The molecule has 0 spiro atoms. The van der Waals surface area contributed by atoms with Crippen LogP contribution in [0.25, 0.3) is 0 Å². The fourth-order valence-electron chi connectivity index (χ4n) is 1.44. The molecular weight excluding hydrogens is 282 g/mol. The van der Waals surface area contributed by atoms with Gasteiger partial charge in [0.15, 0.2) is 5.96 Å². The highest BCUT2D eigenvalue weighted by molar-refractivity contribution is 7.88. The monoisotopic (exact) mass is 303 g/mol. The van der Waals surface area contributed by atoms with E-state index in [1.165, 1.54) is 12.3 Å². The number of rotatable bonds is 8. The maximum Gasteiger partial charge on any atom is 0.217 e. The van der Waals surface area contributed by atoms with Crippen LogP contribution in [0.2, 0.25) is 0 Å². The third kappa shape index (κ3) is 6.53. The molecule has 1 rings (SSSR count). The third-order valence-corrected chi connectivity index (χ3v) is 3.54. The highest BCUT2D eigenvalue weighted by Crippen LogP contribution is 2.00. The Balaban J connectivity index is 2.36. The van der Waals surface area contributed by atoms with Crippen molar-refractivity contribution in [1.29, 1.82) is 0 Å². The third-order valence-electron chi connectivity index (χ3n) is 2.22. The van der Waals surface area contributed by atoms with Crippen molar-refractivity contribution in [1.82, 2.24) is 20.5 Å². The summed E-state index contributed by atoms with van der Waals surface area (Å²) in [7, 11) is -3.41. The van der Waals surface area contributed by atoms with Crippen LogP contribution in [-0.2, 0) is 15.8 Å². The van der Waals surface area contributed by atoms with E-state index in [0.717, 1.165) is 13.1 Å². The first-order valence-corrected chi connectivity index (χ1v) is 8.11. The molecule has 0 aliphatic carbocycles. The fraction of sp³-hybridized carbons (Fsp3) is 0.636. The Hall–Kier alpha value is -1.61. The van der Waals surface area contributed by atoms with Gasteiger partial charge in [-0.05, 0) is 13.8 Å². The second-order valence-electron chi connectivity index (χ2n) is 3.94. The summed E-state index contributed by atoms with van der Waals surface area (Å²) in [6.07, 6.45) is 1.34. The first-order valence-electron chi connectivity index (χ1n) is 6.46. The molecule has 0 saturated carbocycles. The Morgan fingerprint density at radius 1 is 1.35 bits per heavy atom. The summed E-state index contributed by atoms with van der Waals surface area (Å²) >= 11 is 0. The lowest BCUT2D eigenvalue weighted by molar-refractivity contribution is 0.413. The van der Waals surface area contributed by atoms with Gasteiger partial charge in [0.1, 0.15) is 12.0 Å². The van der Waals surface area contributed by atoms with Crippen LogP contribution in [0, 0.1) is 0 Å². The highest BCUT2D eigenvalue weighted by Gasteiger charge is 2.12. The SMILES string of the molecule is CCNC(=NCCNS(=O)(=O)Cc1ccon1)NCC. The summed E-state index contributed by atoms with van der Waals surface area (Å²) < 4.78 is 30.5. The first kappa shape index (κ1) is 16.4. The number of hydrogen-bond donors (Lipinski definition) is 3. The molecule has 0 unspecified atom stereocenters. The molecule has 0 atom stereocenters. The Labute approximate surface area is 119 Å². The second kappa shape index (κ2) is 8.54. The minimum Gasteiger partial charge on any atom is -0.364 e. The van der Waals surface area contributed by atoms with E-state index in [9.17, 15) is 8.42 Å². The molecule has 1 aromatic heterocycles. The lowest BCUT2D eigenvalue weighted by atomic mass is 10.5. The van der Waals surface area contributed by atoms with E-state index in [2.05, 4.69) is 30.0 Å². The first-order chi connectivity index (χ1) is 9.57. The topological polar surface area (TPSA) is 109 Å². The zero-order valence-corrected chi connectivity index (χ0v) is 12.5. The van der Waals surface area contributed by atoms with Gasteiger partial charge in [-0.3, -0.25) is 4.99 Å². The maximum atomic E-state index is 11.7. The molecular formula is C11H21N5O3S. The maximum absolute atomic E-state index is 11.7. The van der Waals surface area contributed by atoms with Crippen LogP contribution < -0.4 is 15.4 Å². The normalized spacial score (nSPS) is 11.1. The number of guanidine groups is 1. The van der Waals surface area contributed by atoms with E-state index >= 15 is 0 Å². The van der Waals surface area contributed by atoms with Gasteiger partial charge in [-0.2, -0.15) is 0 Å². The van der Waals surface area contributed by atoms with Crippen molar-refractivity contribution in [2.75, 3.05) is 26.2 Å². The number of nitrogens with zero attached hydrogens (tertiary/aromatic N) is 2. The van der Waals surface area contributed by atoms with Crippen LogP contribution in [0.5, 0.6) is 0 Å². The van der Waals surface area contributed by atoms with Gasteiger partial charge in [-0.15, -0.1) is 0 Å². The number of aliphatic imine (C=N–C) groups is 1. The van der Waals surface area contributed by atoms with Gasteiger partial charge < -0.3 is 15.2 Å². The quantitative estimate of drug-likeness (QED) is 0.345. The van der Waals surface area contributed by atoms with Gasteiger partial charge in [-0.25, -0.2) is 13.1 Å². The van der Waals surface area contributed by atoms with Crippen LogP contribution in [-0.4, -0.2) is 45.7 Å². The van der Waals surface area contributed by atoms with E-state index in [1.807, 2.05) is 13.8 Å². The standard InChI is InChI=1S/C11H21N5O3S/c1-3-12-11(13-4-2)14-6-7-15-20(17,18)9-10-5-8-19-16-10/h5,8,15H,3-4,6-7,9H2,1-2H3,(H2,12,13,14). The van der Waals surface area contributed by atoms with Gasteiger partial charge in [0.25, 0.3) is 0 Å². The number of aromatic nitrogens is 1. The van der Waals surface area contributed by atoms with Crippen molar-refractivity contribution >= 4 is 16.0 Å². The smallest absolute Gasteiger partial charge is 0.217 e. The lowest BCUT2D eigenvalue weighted by Gasteiger charge is -2.09. The van der Waals surface area contributed by atoms with Gasteiger partial charge >= 0.3 is 0 Å². The van der Waals surface area contributed by atoms with Crippen molar-refractivity contribution in [2.45, 2.75) is 19.6 Å². The van der Waals surface area contributed by atoms with E-state index < -0.39 is 10.0 Å². The van der Waals surface area contributed by atoms with Gasteiger partial charge in [0, 0.05) is 25.7 Å². The fourth-order valence-corrected chi connectivity index (χ4v) is 2.48. The van der Waals surface area contributed by atoms with E-state index in [-0.39, 0.29) is 12.3 Å². The van der Waals surface area contributed by atoms with Crippen LogP contribution in [0.1, 0.15) is 19.5 Å². The molecule has 1 heterocycles. The van der Waals surface area contributed by atoms with Gasteiger partial charge in [-0.1, -0.05) is 5.16 Å². The van der Waals surface area contributed by atoms with Crippen molar-refractivity contribution < 1.29 is 12.9 Å². The Morgan fingerprint density at radius 3 is 2.60 bits per heavy atom. The molecule has 114 valence electrons. The molecule has 0 amide bonds. The van der Waals surface area contributed by atoms with Crippen molar-refractivity contribution in [3.8, 4) is 0 Å². The largest absolute Gasteiger partial charge is 0.364 e. The van der Waals surface area contributed by atoms with Gasteiger partial charge in [0.05, 0.1) is 12.2 Å². The van der Waals surface area contributed by atoms with Crippen LogP contribution in [0.3, 0.4) is 0 Å². The van der Waals surface area contributed by atoms with Gasteiger partial charge in [0.2, 0.25) is 10.0 Å². The van der Waals surface area contributed by atoms with Crippen LogP contribution in [0.15, 0.2) is 21.8 Å². The number of hydrogen-bond acceptors (Lipinski definition) is 5. The average Bonchev–Trinajstić information content (AvgIpc) is 2.87. The number of sulfonamides is 1. The Bertz CT molecular complexity index is 490. The van der Waals surface area contributed by atoms with E-state index in [4.69, 9.17) is 0 Å². The molecule has 0 aliphatic heterocycles. The minimum atomic E-state index is -3.41. The van der Waals surface area contributed by atoms with Crippen molar-refractivity contribution in [3.63, 3.8) is 0 Å². The van der Waals surface area contributed by atoms with Crippen LogP contribution >= 0.6 is 0 Å². The lowest BCUT2D eigenvalue weighted by Crippen LogP contribution is -2.37. The predicted octanol–water partition coefficient (Wildman–Crippen LogP) is -0.331. The molecule has 1 aromatic rings. The number of nitrogens with one attached hydrogen (secondary N) is 3. The molecule has 0 aromatic carbocycles.